The molecule has 1 fully saturated rings. The molecule has 4 nitrogen and oxygen atoms in total. The molecular weight excluding hydrogens is 250 g/mol. The van der Waals surface area contributed by atoms with Crippen LogP contribution in [0.5, 0.6) is 0 Å². The van der Waals surface area contributed by atoms with Crippen LogP contribution >= 0.6 is 0 Å². The van der Waals surface area contributed by atoms with Gasteiger partial charge >= 0.3 is 0 Å². The first-order chi connectivity index (χ1) is 8.54. The van der Waals surface area contributed by atoms with Crippen molar-refractivity contribution in [1.29, 1.82) is 0 Å². The van der Waals surface area contributed by atoms with E-state index in [0.29, 0.717) is 11.5 Å². The van der Waals surface area contributed by atoms with Crippen LogP contribution in [0, 0.1) is 5.92 Å². The van der Waals surface area contributed by atoms with Crippen molar-refractivity contribution in [2.75, 3.05) is 0 Å². The molecule has 1 aliphatic carbocycles. The van der Waals surface area contributed by atoms with Gasteiger partial charge in [0, 0.05) is 6.04 Å². The number of aliphatic hydroxyl groups excluding tert-OH is 1. The van der Waals surface area contributed by atoms with Crippen molar-refractivity contribution in [3.8, 4) is 0 Å². The monoisotopic (exact) mass is 269 g/mol. The molecule has 1 unspecified atom stereocenters. The zero-order valence-corrected chi connectivity index (χ0v) is 11.3. The van der Waals surface area contributed by atoms with Gasteiger partial charge in [0.1, 0.15) is 0 Å². The number of hydrogen-bond donors (Lipinski definition) is 2. The molecule has 0 bridgehead atoms. The summed E-state index contributed by atoms with van der Waals surface area (Å²) in [6.07, 6.45) is 3.36. The highest BCUT2D eigenvalue weighted by atomic mass is 32.2. The maximum Gasteiger partial charge on any atom is 0.241 e. The van der Waals surface area contributed by atoms with E-state index in [0.717, 1.165) is 12.8 Å². The van der Waals surface area contributed by atoms with E-state index in [1.807, 2.05) is 6.92 Å². The van der Waals surface area contributed by atoms with E-state index < -0.39 is 10.0 Å². The molecule has 0 heterocycles. The fourth-order valence-electron chi connectivity index (χ4n) is 2.24. The van der Waals surface area contributed by atoms with Gasteiger partial charge in [0.15, 0.2) is 0 Å². The van der Waals surface area contributed by atoms with E-state index in [1.54, 1.807) is 18.2 Å². The van der Waals surface area contributed by atoms with Crippen LogP contribution in [-0.4, -0.2) is 19.6 Å². The minimum absolute atomic E-state index is 0.0458. The number of aliphatic hydroxyl groups is 1. The zero-order chi connectivity index (χ0) is 13.2. The Bertz CT molecular complexity index is 509. The number of benzene rings is 1. The highest BCUT2D eigenvalue weighted by Gasteiger charge is 2.28. The Balaban J connectivity index is 2.19. The van der Waals surface area contributed by atoms with Crippen molar-refractivity contribution in [1.82, 2.24) is 4.72 Å². The second-order valence-electron chi connectivity index (χ2n) is 4.87. The Morgan fingerprint density at radius 3 is 2.61 bits per heavy atom. The smallest absolute Gasteiger partial charge is 0.241 e. The maximum absolute atomic E-state index is 12.2. The number of hydrogen-bond acceptors (Lipinski definition) is 3. The molecule has 0 aliphatic heterocycles. The van der Waals surface area contributed by atoms with Crippen LogP contribution in [0.4, 0.5) is 0 Å². The second kappa shape index (κ2) is 5.38. The molecule has 0 saturated heterocycles. The van der Waals surface area contributed by atoms with Crippen LogP contribution in [0.25, 0.3) is 0 Å². The molecule has 18 heavy (non-hydrogen) atoms. The summed E-state index contributed by atoms with van der Waals surface area (Å²) in [5, 5.41) is 9.19. The van der Waals surface area contributed by atoms with Crippen molar-refractivity contribution >= 4 is 10.0 Å². The van der Waals surface area contributed by atoms with Crippen LogP contribution in [0.3, 0.4) is 0 Å². The molecule has 0 radical (unpaired) electrons. The van der Waals surface area contributed by atoms with Gasteiger partial charge in [-0.05, 0) is 37.3 Å². The summed E-state index contributed by atoms with van der Waals surface area (Å²) in [6.45, 7) is 1.64. The third kappa shape index (κ3) is 2.74. The van der Waals surface area contributed by atoms with E-state index in [-0.39, 0.29) is 17.5 Å². The van der Waals surface area contributed by atoms with Gasteiger partial charge < -0.3 is 5.11 Å². The molecule has 0 spiro atoms. The molecule has 2 rings (SSSR count). The van der Waals surface area contributed by atoms with E-state index in [9.17, 15) is 13.5 Å². The summed E-state index contributed by atoms with van der Waals surface area (Å²) in [7, 11) is -3.53. The summed E-state index contributed by atoms with van der Waals surface area (Å²) >= 11 is 0. The van der Waals surface area contributed by atoms with Crippen molar-refractivity contribution in [2.45, 2.75) is 43.7 Å². The zero-order valence-electron chi connectivity index (χ0n) is 10.5. The molecule has 100 valence electrons. The molecule has 2 N–H and O–H groups in total. The topological polar surface area (TPSA) is 66.4 Å². The van der Waals surface area contributed by atoms with E-state index in [4.69, 9.17) is 0 Å². The number of nitrogens with one attached hydrogen (secondary N) is 1. The predicted molar refractivity (Wildman–Crippen MR) is 69.5 cm³/mol. The van der Waals surface area contributed by atoms with Crippen LogP contribution in [0.1, 0.15) is 31.7 Å². The van der Waals surface area contributed by atoms with Gasteiger partial charge in [-0.2, -0.15) is 0 Å². The van der Waals surface area contributed by atoms with Gasteiger partial charge in [-0.3, -0.25) is 0 Å². The quantitative estimate of drug-likeness (QED) is 0.854. The van der Waals surface area contributed by atoms with Gasteiger partial charge in [-0.1, -0.05) is 24.6 Å². The molecule has 1 aromatic rings. The third-order valence-electron chi connectivity index (χ3n) is 3.63. The van der Waals surface area contributed by atoms with E-state index in [2.05, 4.69) is 4.72 Å². The lowest BCUT2D eigenvalue weighted by molar-refractivity contribution is 0.260. The number of sulfonamides is 1. The molecule has 0 aromatic heterocycles. The Labute approximate surface area is 108 Å². The van der Waals surface area contributed by atoms with Crippen molar-refractivity contribution in [3.05, 3.63) is 29.8 Å². The largest absolute Gasteiger partial charge is 0.392 e. The van der Waals surface area contributed by atoms with Gasteiger partial charge in [0.25, 0.3) is 0 Å². The fourth-order valence-corrected chi connectivity index (χ4v) is 3.79. The average molecular weight is 269 g/mol. The second-order valence-corrected chi connectivity index (χ2v) is 6.55. The third-order valence-corrected chi connectivity index (χ3v) is 5.29. The Morgan fingerprint density at radius 2 is 2.06 bits per heavy atom. The lowest BCUT2D eigenvalue weighted by Crippen LogP contribution is -2.40. The summed E-state index contributed by atoms with van der Waals surface area (Å²) in [4.78, 5) is 0.179. The van der Waals surface area contributed by atoms with Crippen LogP contribution < -0.4 is 4.72 Å². The van der Waals surface area contributed by atoms with Crippen molar-refractivity contribution in [3.63, 3.8) is 0 Å². The first kappa shape index (κ1) is 13.5. The lowest BCUT2D eigenvalue weighted by Gasteiger charge is -2.31. The summed E-state index contributed by atoms with van der Waals surface area (Å²) in [6, 6.07) is 6.50. The predicted octanol–water partition coefficient (Wildman–Crippen LogP) is 1.65. The fraction of sp³-hybridized carbons (Fsp3) is 0.538. The molecule has 1 saturated carbocycles. The molecular formula is C13H19NO3S. The lowest BCUT2D eigenvalue weighted by atomic mass is 9.81. The molecule has 1 aliphatic rings. The van der Waals surface area contributed by atoms with Crippen LogP contribution in [-0.2, 0) is 16.6 Å². The molecule has 1 aromatic carbocycles. The first-order valence-corrected chi connectivity index (χ1v) is 7.74. The van der Waals surface area contributed by atoms with E-state index >= 15 is 0 Å². The standard InChI is InChI=1S/C13H19NO3S/c1-10(11-6-4-7-11)14-18(16,17)13-8-3-2-5-12(13)9-15/h2-3,5,8,10-11,14-15H,4,6-7,9H2,1H3. The Kier molecular flexibility index (Phi) is 4.04. The SMILES string of the molecule is CC(NS(=O)(=O)c1ccccc1CO)C1CCC1. The summed E-state index contributed by atoms with van der Waals surface area (Å²) < 4.78 is 27.2. The Hall–Kier alpha value is -0.910. The van der Waals surface area contributed by atoms with Gasteiger partial charge in [-0.15, -0.1) is 0 Å². The van der Waals surface area contributed by atoms with Gasteiger partial charge in [0.2, 0.25) is 10.0 Å². The first-order valence-electron chi connectivity index (χ1n) is 6.25. The van der Waals surface area contributed by atoms with Crippen molar-refractivity contribution < 1.29 is 13.5 Å². The minimum Gasteiger partial charge on any atom is -0.392 e. The summed E-state index contributed by atoms with van der Waals surface area (Å²) in [5.74, 6) is 0.445. The summed E-state index contributed by atoms with van der Waals surface area (Å²) in [5.41, 5.74) is 0.436. The maximum atomic E-state index is 12.2. The van der Waals surface area contributed by atoms with Gasteiger partial charge in [-0.25, -0.2) is 13.1 Å². The number of rotatable bonds is 5. The molecule has 1 atom stereocenters. The highest BCUT2D eigenvalue weighted by Crippen LogP contribution is 2.30. The molecule has 5 heteroatoms. The Morgan fingerprint density at radius 1 is 1.39 bits per heavy atom. The minimum atomic E-state index is -3.53. The van der Waals surface area contributed by atoms with E-state index in [1.165, 1.54) is 12.5 Å². The van der Waals surface area contributed by atoms with Crippen LogP contribution in [0.15, 0.2) is 29.2 Å². The average Bonchev–Trinajstić information content (AvgIpc) is 2.25. The normalized spacial score (nSPS) is 18.3. The molecule has 0 amide bonds. The van der Waals surface area contributed by atoms with Crippen LogP contribution in [0.2, 0.25) is 0 Å². The van der Waals surface area contributed by atoms with Gasteiger partial charge in [0.05, 0.1) is 11.5 Å². The highest BCUT2D eigenvalue weighted by molar-refractivity contribution is 7.89. The van der Waals surface area contributed by atoms with Crippen molar-refractivity contribution in [2.24, 2.45) is 5.92 Å².